The Morgan fingerprint density at radius 2 is 1.58 bits per heavy atom. The highest BCUT2D eigenvalue weighted by atomic mass is 35.5. The number of halogens is 2. The lowest BCUT2D eigenvalue weighted by molar-refractivity contribution is 0.102. The van der Waals surface area contributed by atoms with Crippen LogP contribution < -0.4 is 10.1 Å². The van der Waals surface area contributed by atoms with E-state index < -0.39 is 0 Å². The van der Waals surface area contributed by atoms with Crippen LogP contribution in [0.25, 0.3) is 0 Å². The molecule has 1 amide bonds. The molecular weight excluding hydrogens is 457 g/mol. The predicted octanol–water partition coefficient (Wildman–Crippen LogP) is 6.69. The van der Waals surface area contributed by atoms with Crippen molar-refractivity contribution in [3.63, 3.8) is 0 Å². The van der Waals surface area contributed by atoms with E-state index in [2.05, 4.69) is 10.4 Å². The first-order valence-corrected chi connectivity index (χ1v) is 11.2. The van der Waals surface area contributed by atoms with E-state index in [1.54, 1.807) is 23.0 Å². The molecule has 1 N–H and O–H groups in total. The second-order valence-corrected chi connectivity index (χ2v) is 8.65. The standard InChI is InChI=1S/C26H23Cl2N3O2/c1-17-4-3-5-18(2)24(17)33-16-20-6-10-21(11-7-20)26(32)29-25-23(28)15-31(30-25)14-19-8-12-22(27)13-9-19/h3-13,15H,14,16H2,1-2H3,(H,29,30,32). The summed E-state index contributed by atoms with van der Waals surface area (Å²) in [7, 11) is 0. The summed E-state index contributed by atoms with van der Waals surface area (Å²) in [4.78, 5) is 12.7. The molecule has 0 unspecified atom stereocenters. The zero-order valence-corrected chi connectivity index (χ0v) is 19.8. The number of aromatic nitrogens is 2. The number of benzene rings is 3. The zero-order chi connectivity index (χ0) is 23.4. The lowest BCUT2D eigenvalue weighted by atomic mass is 10.1. The van der Waals surface area contributed by atoms with Crippen molar-refractivity contribution in [3.05, 3.63) is 111 Å². The summed E-state index contributed by atoms with van der Waals surface area (Å²) < 4.78 is 7.66. The number of nitrogens with one attached hydrogen (secondary N) is 1. The molecular formula is C26H23Cl2N3O2. The number of nitrogens with zero attached hydrogens (tertiary/aromatic N) is 2. The average Bonchev–Trinajstić information content (AvgIpc) is 3.13. The van der Waals surface area contributed by atoms with Crippen molar-refractivity contribution >= 4 is 34.9 Å². The molecule has 0 aliphatic heterocycles. The van der Waals surface area contributed by atoms with Gasteiger partial charge in [0.1, 0.15) is 17.4 Å². The van der Waals surface area contributed by atoms with Gasteiger partial charge < -0.3 is 10.1 Å². The quantitative estimate of drug-likeness (QED) is 0.321. The van der Waals surface area contributed by atoms with Gasteiger partial charge >= 0.3 is 0 Å². The number of aryl methyl sites for hydroxylation is 2. The maximum absolute atomic E-state index is 12.7. The number of amides is 1. The third-order valence-corrected chi connectivity index (χ3v) is 5.74. The highest BCUT2D eigenvalue weighted by Crippen LogP contribution is 2.24. The molecule has 33 heavy (non-hydrogen) atoms. The van der Waals surface area contributed by atoms with E-state index in [0.717, 1.165) is 28.0 Å². The van der Waals surface area contributed by atoms with Crippen LogP contribution in [-0.2, 0) is 13.2 Å². The maximum atomic E-state index is 12.7. The number of carbonyl (C=O) groups is 1. The topological polar surface area (TPSA) is 56.1 Å². The summed E-state index contributed by atoms with van der Waals surface area (Å²) in [5.74, 6) is 0.928. The first kappa shape index (κ1) is 22.9. The van der Waals surface area contributed by atoms with Crippen molar-refractivity contribution in [1.82, 2.24) is 9.78 Å². The Hall–Kier alpha value is -3.28. The third-order valence-electron chi connectivity index (χ3n) is 5.21. The Morgan fingerprint density at radius 3 is 2.24 bits per heavy atom. The second kappa shape index (κ2) is 10.1. The summed E-state index contributed by atoms with van der Waals surface area (Å²) in [5.41, 5.74) is 4.69. The summed E-state index contributed by atoms with van der Waals surface area (Å²) >= 11 is 12.2. The second-order valence-electron chi connectivity index (χ2n) is 7.81. The van der Waals surface area contributed by atoms with Gasteiger partial charge in [0.2, 0.25) is 0 Å². The largest absolute Gasteiger partial charge is 0.488 e. The summed E-state index contributed by atoms with van der Waals surface area (Å²) in [6.45, 7) is 4.99. The van der Waals surface area contributed by atoms with Crippen LogP contribution in [0.4, 0.5) is 5.82 Å². The number of hydrogen-bond acceptors (Lipinski definition) is 3. The Morgan fingerprint density at radius 1 is 0.939 bits per heavy atom. The van der Waals surface area contributed by atoms with Gasteiger partial charge in [-0.15, -0.1) is 0 Å². The van der Waals surface area contributed by atoms with E-state index in [4.69, 9.17) is 27.9 Å². The Kier molecular flexibility index (Phi) is 7.02. The molecule has 5 nitrogen and oxygen atoms in total. The van der Waals surface area contributed by atoms with Gasteiger partial charge in [0.15, 0.2) is 5.82 Å². The van der Waals surface area contributed by atoms with Gasteiger partial charge in [0.05, 0.1) is 6.54 Å². The first-order chi connectivity index (χ1) is 15.9. The molecule has 0 radical (unpaired) electrons. The Bertz CT molecular complexity index is 1250. The van der Waals surface area contributed by atoms with Gasteiger partial charge in [-0.1, -0.05) is 65.7 Å². The summed E-state index contributed by atoms with van der Waals surface area (Å²) in [6.07, 6.45) is 1.68. The predicted molar refractivity (Wildman–Crippen MR) is 132 cm³/mol. The van der Waals surface area contributed by atoms with Gasteiger partial charge in [-0.25, -0.2) is 0 Å². The highest BCUT2D eigenvalue weighted by Gasteiger charge is 2.13. The minimum Gasteiger partial charge on any atom is -0.488 e. The number of anilines is 1. The Labute approximate surface area is 202 Å². The molecule has 7 heteroatoms. The molecule has 4 aromatic rings. The molecule has 0 aliphatic carbocycles. The molecule has 3 aromatic carbocycles. The van der Waals surface area contributed by atoms with Crippen LogP contribution in [0.5, 0.6) is 5.75 Å². The minimum absolute atomic E-state index is 0.282. The van der Waals surface area contributed by atoms with E-state index in [1.807, 2.05) is 68.4 Å². The van der Waals surface area contributed by atoms with Crippen molar-refractivity contribution in [3.8, 4) is 5.75 Å². The van der Waals surface area contributed by atoms with Crippen molar-refractivity contribution in [1.29, 1.82) is 0 Å². The molecule has 0 atom stereocenters. The molecule has 0 bridgehead atoms. The smallest absolute Gasteiger partial charge is 0.256 e. The van der Waals surface area contributed by atoms with E-state index in [9.17, 15) is 4.79 Å². The SMILES string of the molecule is Cc1cccc(C)c1OCc1ccc(C(=O)Nc2nn(Cc3ccc(Cl)cc3)cc2Cl)cc1. The lowest BCUT2D eigenvalue weighted by Gasteiger charge is -2.12. The molecule has 0 fully saturated rings. The van der Waals surface area contributed by atoms with E-state index >= 15 is 0 Å². The monoisotopic (exact) mass is 479 g/mol. The number of rotatable bonds is 7. The maximum Gasteiger partial charge on any atom is 0.256 e. The van der Waals surface area contributed by atoms with Crippen LogP contribution in [0.1, 0.15) is 32.6 Å². The summed E-state index contributed by atoms with van der Waals surface area (Å²) in [5, 5.41) is 8.21. The molecule has 168 valence electrons. The van der Waals surface area contributed by atoms with Crippen LogP contribution in [0.3, 0.4) is 0 Å². The van der Waals surface area contributed by atoms with E-state index in [1.165, 1.54) is 0 Å². The molecule has 0 spiro atoms. The van der Waals surface area contributed by atoms with Crippen LogP contribution >= 0.6 is 23.2 Å². The van der Waals surface area contributed by atoms with Crippen LogP contribution in [-0.4, -0.2) is 15.7 Å². The van der Waals surface area contributed by atoms with Crippen LogP contribution in [0.15, 0.2) is 72.9 Å². The molecule has 0 saturated heterocycles. The number of carbonyl (C=O) groups excluding carboxylic acids is 1. The lowest BCUT2D eigenvalue weighted by Crippen LogP contribution is -2.13. The van der Waals surface area contributed by atoms with Gasteiger partial charge in [0.25, 0.3) is 5.91 Å². The number of para-hydroxylation sites is 1. The van der Waals surface area contributed by atoms with Gasteiger partial charge in [0, 0.05) is 16.8 Å². The normalized spacial score (nSPS) is 10.8. The van der Waals surface area contributed by atoms with E-state index in [-0.39, 0.29) is 5.91 Å². The molecule has 0 aliphatic rings. The fourth-order valence-corrected chi connectivity index (χ4v) is 3.78. The zero-order valence-electron chi connectivity index (χ0n) is 18.3. The van der Waals surface area contributed by atoms with Gasteiger partial charge in [-0.2, -0.15) is 5.10 Å². The van der Waals surface area contributed by atoms with Crippen molar-refractivity contribution in [2.45, 2.75) is 27.0 Å². The third kappa shape index (κ3) is 5.75. The van der Waals surface area contributed by atoms with Crippen molar-refractivity contribution in [2.24, 2.45) is 0 Å². The fraction of sp³-hybridized carbons (Fsp3) is 0.154. The molecule has 1 aromatic heterocycles. The van der Waals surface area contributed by atoms with Crippen LogP contribution in [0, 0.1) is 13.8 Å². The minimum atomic E-state index is -0.282. The highest BCUT2D eigenvalue weighted by molar-refractivity contribution is 6.33. The summed E-state index contributed by atoms with van der Waals surface area (Å²) in [6, 6.07) is 20.8. The van der Waals surface area contributed by atoms with E-state index in [0.29, 0.717) is 34.6 Å². The van der Waals surface area contributed by atoms with Crippen molar-refractivity contribution in [2.75, 3.05) is 5.32 Å². The number of hydrogen-bond donors (Lipinski definition) is 1. The Balaban J connectivity index is 1.37. The fourth-order valence-electron chi connectivity index (χ4n) is 3.45. The molecule has 0 saturated carbocycles. The van der Waals surface area contributed by atoms with Crippen molar-refractivity contribution < 1.29 is 9.53 Å². The van der Waals surface area contributed by atoms with Gasteiger partial charge in [-0.3, -0.25) is 9.48 Å². The molecule has 1 heterocycles. The molecule has 4 rings (SSSR count). The first-order valence-electron chi connectivity index (χ1n) is 10.5. The number of ether oxygens (including phenoxy) is 1. The average molecular weight is 480 g/mol. The van der Waals surface area contributed by atoms with Crippen LogP contribution in [0.2, 0.25) is 10.0 Å². The van der Waals surface area contributed by atoms with Gasteiger partial charge in [-0.05, 0) is 60.4 Å².